The Morgan fingerprint density at radius 1 is 1.11 bits per heavy atom. The molecule has 2 nitrogen and oxygen atoms in total. The van der Waals surface area contributed by atoms with E-state index in [1.807, 2.05) is 12.1 Å². The van der Waals surface area contributed by atoms with Crippen LogP contribution in [-0.2, 0) is 0 Å². The molecule has 0 aliphatic carbocycles. The molecule has 0 fully saturated rings. The molecule has 1 aromatic rings. The van der Waals surface area contributed by atoms with Crippen LogP contribution in [0, 0.1) is 0 Å². The van der Waals surface area contributed by atoms with E-state index < -0.39 is 0 Å². The highest BCUT2D eigenvalue weighted by molar-refractivity contribution is 5.35. The zero-order valence-corrected chi connectivity index (χ0v) is 12.2. The summed E-state index contributed by atoms with van der Waals surface area (Å²) >= 11 is 0. The number of methoxy groups -OCH3 is 1. The first kappa shape index (κ1) is 15.0. The van der Waals surface area contributed by atoms with Crippen molar-refractivity contribution < 1.29 is 4.74 Å². The van der Waals surface area contributed by atoms with Crippen LogP contribution in [-0.4, -0.2) is 13.2 Å². The Morgan fingerprint density at radius 2 is 1.72 bits per heavy atom. The lowest BCUT2D eigenvalue weighted by molar-refractivity contribution is 0.377. The van der Waals surface area contributed by atoms with Crippen LogP contribution in [0.1, 0.15) is 58.1 Å². The van der Waals surface area contributed by atoms with E-state index in [0.717, 1.165) is 5.75 Å². The van der Waals surface area contributed by atoms with Gasteiger partial charge in [0.2, 0.25) is 0 Å². The monoisotopic (exact) mass is 249 g/mol. The third kappa shape index (κ3) is 4.34. The highest BCUT2D eigenvalue weighted by Gasteiger charge is 2.14. The molecule has 2 heteroatoms. The minimum atomic E-state index is 0.337. The van der Waals surface area contributed by atoms with Crippen molar-refractivity contribution in [3.05, 3.63) is 29.8 Å². The maximum atomic E-state index is 5.43. The Morgan fingerprint density at radius 3 is 2.28 bits per heavy atom. The summed E-state index contributed by atoms with van der Waals surface area (Å²) in [4.78, 5) is 0. The molecule has 1 aromatic carbocycles. The van der Waals surface area contributed by atoms with Crippen LogP contribution in [0.4, 0.5) is 0 Å². The number of rotatable bonds is 8. The van der Waals surface area contributed by atoms with E-state index in [9.17, 15) is 0 Å². The maximum absolute atomic E-state index is 5.43. The van der Waals surface area contributed by atoms with Crippen LogP contribution < -0.4 is 10.1 Å². The first-order valence-electron chi connectivity index (χ1n) is 7.11. The van der Waals surface area contributed by atoms with Gasteiger partial charge in [0.1, 0.15) is 5.75 Å². The van der Waals surface area contributed by atoms with Crippen molar-refractivity contribution in [1.82, 2.24) is 5.32 Å². The zero-order chi connectivity index (χ0) is 13.4. The molecule has 0 saturated heterocycles. The maximum Gasteiger partial charge on any atom is 0.123 e. The standard InChI is InChI=1S/C16H27NO/c1-5-9-14(10-6-2)17-13(3)15-11-7-8-12-16(15)18-4/h7-8,11-14,17H,5-6,9-10H2,1-4H3/t13-/m0/s1. The van der Waals surface area contributed by atoms with Gasteiger partial charge in [0.25, 0.3) is 0 Å². The second-order valence-corrected chi connectivity index (χ2v) is 4.90. The summed E-state index contributed by atoms with van der Waals surface area (Å²) in [5, 5.41) is 3.73. The quantitative estimate of drug-likeness (QED) is 0.741. The van der Waals surface area contributed by atoms with Crippen molar-refractivity contribution in [3.8, 4) is 5.75 Å². The van der Waals surface area contributed by atoms with E-state index in [1.54, 1.807) is 7.11 Å². The van der Waals surface area contributed by atoms with Crippen LogP contribution in [0.5, 0.6) is 5.75 Å². The molecule has 102 valence electrons. The predicted octanol–water partition coefficient (Wildman–Crippen LogP) is 4.31. The molecule has 0 radical (unpaired) electrons. The van der Waals surface area contributed by atoms with Crippen molar-refractivity contribution >= 4 is 0 Å². The molecule has 0 heterocycles. The SMILES string of the molecule is CCCC(CCC)N[C@@H](C)c1ccccc1OC. The topological polar surface area (TPSA) is 21.3 Å². The average Bonchev–Trinajstić information content (AvgIpc) is 2.39. The van der Waals surface area contributed by atoms with E-state index in [0.29, 0.717) is 12.1 Å². The Labute approximate surface area is 112 Å². The Kier molecular flexibility index (Phi) is 6.81. The van der Waals surface area contributed by atoms with Crippen LogP contribution in [0.2, 0.25) is 0 Å². The van der Waals surface area contributed by atoms with Gasteiger partial charge in [-0.25, -0.2) is 0 Å². The number of benzene rings is 1. The van der Waals surface area contributed by atoms with Crippen molar-refractivity contribution in [3.63, 3.8) is 0 Å². The number of ether oxygens (including phenoxy) is 1. The zero-order valence-electron chi connectivity index (χ0n) is 12.2. The minimum absolute atomic E-state index is 0.337. The summed E-state index contributed by atoms with van der Waals surface area (Å²) in [5.74, 6) is 0.976. The second-order valence-electron chi connectivity index (χ2n) is 4.90. The lowest BCUT2D eigenvalue weighted by Gasteiger charge is -2.24. The number of nitrogens with one attached hydrogen (secondary N) is 1. The molecule has 0 bridgehead atoms. The number of hydrogen-bond donors (Lipinski definition) is 1. The molecule has 0 spiro atoms. The predicted molar refractivity (Wildman–Crippen MR) is 78.1 cm³/mol. The molecule has 18 heavy (non-hydrogen) atoms. The summed E-state index contributed by atoms with van der Waals surface area (Å²) in [6.07, 6.45) is 4.95. The molecular weight excluding hydrogens is 222 g/mol. The Balaban J connectivity index is 2.70. The second kappa shape index (κ2) is 8.15. The van der Waals surface area contributed by atoms with Gasteiger partial charge in [0.05, 0.1) is 7.11 Å². The summed E-state index contributed by atoms with van der Waals surface area (Å²) in [6.45, 7) is 6.71. The van der Waals surface area contributed by atoms with Gasteiger partial charge in [-0.05, 0) is 25.8 Å². The summed E-state index contributed by atoms with van der Waals surface area (Å²) in [5.41, 5.74) is 1.25. The van der Waals surface area contributed by atoms with Crippen molar-refractivity contribution in [2.24, 2.45) is 0 Å². The van der Waals surface area contributed by atoms with Gasteiger partial charge >= 0.3 is 0 Å². The largest absolute Gasteiger partial charge is 0.496 e. The molecule has 0 aromatic heterocycles. The lowest BCUT2D eigenvalue weighted by atomic mass is 10.0. The fourth-order valence-corrected chi connectivity index (χ4v) is 2.48. The molecule has 1 atom stereocenters. The summed E-state index contributed by atoms with van der Waals surface area (Å²) in [6, 6.07) is 9.22. The average molecular weight is 249 g/mol. The molecule has 0 amide bonds. The normalized spacial score (nSPS) is 12.7. The van der Waals surface area contributed by atoms with Gasteiger partial charge in [0, 0.05) is 17.6 Å². The van der Waals surface area contributed by atoms with Gasteiger partial charge < -0.3 is 10.1 Å². The van der Waals surface area contributed by atoms with Crippen molar-refractivity contribution in [2.45, 2.75) is 58.5 Å². The van der Waals surface area contributed by atoms with E-state index in [2.05, 4.69) is 38.2 Å². The number of para-hydroxylation sites is 1. The molecule has 0 aliphatic rings. The molecule has 0 saturated carbocycles. The smallest absolute Gasteiger partial charge is 0.123 e. The van der Waals surface area contributed by atoms with Gasteiger partial charge in [-0.1, -0.05) is 44.9 Å². The summed E-state index contributed by atoms with van der Waals surface area (Å²) in [7, 11) is 1.74. The Bertz CT molecular complexity index is 332. The van der Waals surface area contributed by atoms with E-state index in [-0.39, 0.29) is 0 Å². The fraction of sp³-hybridized carbons (Fsp3) is 0.625. The van der Waals surface area contributed by atoms with E-state index in [1.165, 1.54) is 31.2 Å². The van der Waals surface area contributed by atoms with Gasteiger partial charge in [0.15, 0.2) is 0 Å². The minimum Gasteiger partial charge on any atom is -0.496 e. The van der Waals surface area contributed by atoms with E-state index in [4.69, 9.17) is 4.74 Å². The highest BCUT2D eigenvalue weighted by atomic mass is 16.5. The lowest BCUT2D eigenvalue weighted by Crippen LogP contribution is -2.31. The molecule has 1 N–H and O–H groups in total. The first-order valence-corrected chi connectivity index (χ1v) is 7.11. The first-order chi connectivity index (χ1) is 8.72. The van der Waals surface area contributed by atoms with Crippen LogP contribution in [0.25, 0.3) is 0 Å². The molecule has 0 aliphatic heterocycles. The van der Waals surface area contributed by atoms with Crippen LogP contribution >= 0.6 is 0 Å². The number of hydrogen-bond acceptors (Lipinski definition) is 2. The highest BCUT2D eigenvalue weighted by Crippen LogP contribution is 2.25. The third-order valence-electron chi connectivity index (χ3n) is 3.37. The fourth-order valence-electron chi connectivity index (χ4n) is 2.48. The van der Waals surface area contributed by atoms with Crippen molar-refractivity contribution in [1.29, 1.82) is 0 Å². The van der Waals surface area contributed by atoms with E-state index >= 15 is 0 Å². The molecule has 1 rings (SSSR count). The van der Waals surface area contributed by atoms with Gasteiger partial charge in [-0.15, -0.1) is 0 Å². The van der Waals surface area contributed by atoms with Crippen molar-refractivity contribution in [2.75, 3.05) is 7.11 Å². The summed E-state index contributed by atoms with van der Waals surface area (Å²) < 4.78 is 5.43. The van der Waals surface area contributed by atoms with Crippen LogP contribution in [0.15, 0.2) is 24.3 Å². The Hall–Kier alpha value is -1.02. The molecule has 0 unspecified atom stereocenters. The van der Waals surface area contributed by atoms with Gasteiger partial charge in [-0.3, -0.25) is 0 Å². The molecular formula is C16H27NO. The van der Waals surface area contributed by atoms with Gasteiger partial charge in [-0.2, -0.15) is 0 Å². The third-order valence-corrected chi connectivity index (χ3v) is 3.37. The van der Waals surface area contributed by atoms with Crippen LogP contribution in [0.3, 0.4) is 0 Å².